The predicted octanol–water partition coefficient (Wildman–Crippen LogP) is 4.69. The standard InChI is InChI=1S/C16H12Br2O2/c1-9-6-10(2-3-14(9)18)15(19)13-8-12(17)7-11-4-5-20-16(11)13/h2-3,6-8H,4-5H2,1H3. The van der Waals surface area contributed by atoms with Crippen LogP contribution in [0, 0.1) is 6.92 Å². The van der Waals surface area contributed by atoms with Crippen molar-refractivity contribution in [3.8, 4) is 5.75 Å². The Morgan fingerprint density at radius 3 is 2.75 bits per heavy atom. The van der Waals surface area contributed by atoms with Gasteiger partial charge in [0.25, 0.3) is 0 Å². The van der Waals surface area contributed by atoms with Gasteiger partial charge in [-0.2, -0.15) is 0 Å². The Morgan fingerprint density at radius 2 is 2.00 bits per heavy atom. The van der Waals surface area contributed by atoms with Crippen LogP contribution in [-0.2, 0) is 6.42 Å². The zero-order valence-corrected chi connectivity index (χ0v) is 14.0. The van der Waals surface area contributed by atoms with Crippen molar-refractivity contribution >= 4 is 37.6 Å². The Morgan fingerprint density at radius 1 is 1.20 bits per heavy atom. The van der Waals surface area contributed by atoms with Gasteiger partial charge in [0, 0.05) is 20.9 Å². The Bertz CT molecular complexity index is 708. The number of ether oxygens (including phenoxy) is 1. The number of fused-ring (bicyclic) bond motifs is 1. The van der Waals surface area contributed by atoms with Crippen molar-refractivity contribution in [2.45, 2.75) is 13.3 Å². The Kier molecular flexibility index (Phi) is 3.69. The fraction of sp³-hybridized carbons (Fsp3) is 0.188. The summed E-state index contributed by atoms with van der Waals surface area (Å²) in [6, 6.07) is 9.49. The van der Waals surface area contributed by atoms with Crippen LogP contribution in [0.1, 0.15) is 27.0 Å². The predicted molar refractivity (Wildman–Crippen MR) is 85.7 cm³/mol. The molecule has 0 saturated heterocycles. The number of hydrogen-bond acceptors (Lipinski definition) is 2. The number of benzene rings is 2. The molecule has 0 N–H and O–H groups in total. The highest BCUT2D eigenvalue weighted by Gasteiger charge is 2.22. The summed E-state index contributed by atoms with van der Waals surface area (Å²) < 4.78 is 7.55. The fourth-order valence-electron chi connectivity index (χ4n) is 2.38. The molecule has 1 aliphatic rings. The van der Waals surface area contributed by atoms with Gasteiger partial charge in [-0.1, -0.05) is 31.9 Å². The maximum absolute atomic E-state index is 12.7. The molecule has 0 amide bonds. The van der Waals surface area contributed by atoms with E-state index < -0.39 is 0 Å². The minimum Gasteiger partial charge on any atom is -0.492 e. The van der Waals surface area contributed by atoms with Gasteiger partial charge in [0.1, 0.15) is 5.75 Å². The zero-order chi connectivity index (χ0) is 14.3. The lowest BCUT2D eigenvalue weighted by Crippen LogP contribution is -2.04. The lowest BCUT2D eigenvalue weighted by atomic mass is 9.99. The highest BCUT2D eigenvalue weighted by atomic mass is 79.9. The largest absolute Gasteiger partial charge is 0.492 e. The van der Waals surface area contributed by atoms with Crippen LogP contribution in [0.5, 0.6) is 5.75 Å². The molecule has 2 aromatic carbocycles. The van der Waals surface area contributed by atoms with E-state index in [2.05, 4.69) is 31.9 Å². The molecule has 2 nitrogen and oxygen atoms in total. The molecule has 4 heteroatoms. The smallest absolute Gasteiger partial charge is 0.196 e. The van der Waals surface area contributed by atoms with Gasteiger partial charge in [-0.15, -0.1) is 0 Å². The molecule has 0 unspecified atom stereocenters. The van der Waals surface area contributed by atoms with E-state index in [9.17, 15) is 4.79 Å². The van der Waals surface area contributed by atoms with Gasteiger partial charge in [-0.05, 0) is 48.4 Å². The Hall–Kier alpha value is -1.13. The summed E-state index contributed by atoms with van der Waals surface area (Å²) in [7, 11) is 0. The van der Waals surface area contributed by atoms with E-state index in [4.69, 9.17) is 4.74 Å². The number of carbonyl (C=O) groups excluding carboxylic acids is 1. The van der Waals surface area contributed by atoms with E-state index in [1.165, 1.54) is 0 Å². The molecule has 0 radical (unpaired) electrons. The van der Waals surface area contributed by atoms with Crippen LogP contribution in [0.25, 0.3) is 0 Å². The van der Waals surface area contributed by atoms with Crippen LogP contribution in [-0.4, -0.2) is 12.4 Å². The van der Waals surface area contributed by atoms with Crippen LogP contribution >= 0.6 is 31.9 Å². The van der Waals surface area contributed by atoms with E-state index in [0.29, 0.717) is 17.7 Å². The van der Waals surface area contributed by atoms with Crippen LogP contribution in [0.4, 0.5) is 0 Å². The molecule has 0 bridgehead atoms. The maximum Gasteiger partial charge on any atom is 0.196 e. The first-order chi connectivity index (χ1) is 9.56. The number of ketones is 1. The fourth-order valence-corrected chi connectivity index (χ4v) is 3.13. The SMILES string of the molecule is Cc1cc(C(=O)c2cc(Br)cc3c2OCC3)ccc1Br. The molecule has 2 aromatic rings. The Balaban J connectivity index is 2.09. The first-order valence-electron chi connectivity index (χ1n) is 6.32. The summed E-state index contributed by atoms with van der Waals surface area (Å²) in [6.07, 6.45) is 0.856. The van der Waals surface area contributed by atoms with Gasteiger partial charge in [-0.25, -0.2) is 0 Å². The average Bonchev–Trinajstić information content (AvgIpc) is 2.88. The maximum atomic E-state index is 12.7. The second kappa shape index (κ2) is 5.34. The molecule has 0 aliphatic carbocycles. The number of halogens is 2. The number of carbonyl (C=O) groups is 1. The topological polar surface area (TPSA) is 26.3 Å². The summed E-state index contributed by atoms with van der Waals surface area (Å²) in [5.74, 6) is 0.735. The molecule has 0 spiro atoms. The molecule has 3 rings (SSSR count). The van der Waals surface area contributed by atoms with Gasteiger partial charge in [-0.3, -0.25) is 4.79 Å². The summed E-state index contributed by atoms with van der Waals surface area (Å²) in [6.45, 7) is 2.62. The molecule has 0 saturated carbocycles. The summed E-state index contributed by atoms with van der Waals surface area (Å²) in [5.41, 5.74) is 3.45. The molecule has 1 aliphatic heterocycles. The van der Waals surface area contributed by atoms with Crippen LogP contribution in [0.2, 0.25) is 0 Å². The lowest BCUT2D eigenvalue weighted by Gasteiger charge is -2.09. The summed E-state index contributed by atoms with van der Waals surface area (Å²) in [5, 5.41) is 0. The second-order valence-corrected chi connectivity index (χ2v) is 6.60. The highest BCUT2D eigenvalue weighted by Crippen LogP contribution is 2.34. The van der Waals surface area contributed by atoms with Crippen molar-refractivity contribution in [3.05, 3.63) is 61.5 Å². The third kappa shape index (κ3) is 2.42. The van der Waals surface area contributed by atoms with Crippen molar-refractivity contribution in [1.82, 2.24) is 0 Å². The third-order valence-electron chi connectivity index (χ3n) is 3.41. The quantitative estimate of drug-likeness (QED) is 0.689. The van der Waals surface area contributed by atoms with Gasteiger partial charge < -0.3 is 4.74 Å². The molecule has 0 aromatic heterocycles. The number of hydrogen-bond donors (Lipinski definition) is 0. The lowest BCUT2D eigenvalue weighted by molar-refractivity contribution is 0.103. The van der Waals surface area contributed by atoms with Gasteiger partial charge in [0.05, 0.1) is 12.2 Å². The van der Waals surface area contributed by atoms with Crippen LogP contribution in [0.15, 0.2) is 39.3 Å². The molecular weight excluding hydrogens is 384 g/mol. The van der Waals surface area contributed by atoms with Gasteiger partial charge >= 0.3 is 0 Å². The van der Waals surface area contributed by atoms with Crippen molar-refractivity contribution in [2.75, 3.05) is 6.61 Å². The van der Waals surface area contributed by atoms with E-state index in [1.807, 2.05) is 37.3 Å². The minimum absolute atomic E-state index is 0.0000463. The van der Waals surface area contributed by atoms with E-state index in [-0.39, 0.29) is 5.78 Å². The third-order valence-corrected chi connectivity index (χ3v) is 4.76. The monoisotopic (exact) mass is 394 g/mol. The van der Waals surface area contributed by atoms with E-state index >= 15 is 0 Å². The number of rotatable bonds is 2. The Labute approximate surface area is 134 Å². The van der Waals surface area contributed by atoms with Gasteiger partial charge in [0.15, 0.2) is 5.78 Å². The first kappa shape index (κ1) is 13.8. The molecule has 0 fully saturated rings. The van der Waals surface area contributed by atoms with Crippen LogP contribution < -0.4 is 4.74 Å². The molecule has 1 heterocycles. The molecule has 0 atom stereocenters. The van der Waals surface area contributed by atoms with E-state index in [1.54, 1.807) is 0 Å². The molecule has 102 valence electrons. The molecular formula is C16H12Br2O2. The summed E-state index contributed by atoms with van der Waals surface area (Å²) in [4.78, 5) is 12.7. The average molecular weight is 396 g/mol. The molecule has 20 heavy (non-hydrogen) atoms. The second-order valence-electron chi connectivity index (χ2n) is 4.83. The van der Waals surface area contributed by atoms with E-state index in [0.717, 1.165) is 32.2 Å². The van der Waals surface area contributed by atoms with Crippen molar-refractivity contribution in [2.24, 2.45) is 0 Å². The first-order valence-corrected chi connectivity index (χ1v) is 7.91. The van der Waals surface area contributed by atoms with Crippen LogP contribution in [0.3, 0.4) is 0 Å². The minimum atomic E-state index is 0.0000463. The summed E-state index contributed by atoms with van der Waals surface area (Å²) >= 11 is 6.92. The van der Waals surface area contributed by atoms with Crippen molar-refractivity contribution in [1.29, 1.82) is 0 Å². The van der Waals surface area contributed by atoms with Gasteiger partial charge in [0.2, 0.25) is 0 Å². The van der Waals surface area contributed by atoms with Crippen molar-refractivity contribution < 1.29 is 9.53 Å². The zero-order valence-electron chi connectivity index (χ0n) is 10.9. The van der Waals surface area contributed by atoms with Crippen molar-refractivity contribution in [3.63, 3.8) is 0 Å². The highest BCUT2D eigenvalue weighted by molar-refractivity contribution is 9.10. The number of aryl methyl sites for hydroxylation is 1. The normalized spacial score (nSPS) is 12.9.